The third kappa shape index (κ3) is 4.04. The van der Waals surface area contributed by atoms with E-state index in [1.165, 1.54) is 6.07 Å². The molecule has 106 valence electrons. The molecular formula is C13H14F2N4O. The van der Waals surface area contributed by atoms with Crippen LogP contribution < -0.4 is 10.6 Å². The van der Waals surface area contributed by atoms with Gasteiger partial charge in [0.2, 0.25) is 0 Å². The van der Waals surface area contributed by atoms with Crippen molar-refractivity contribution in [1.29, 1.82) is 0 Å². The fourth-order valence-corrected chi connectivity index (χ4v) is 1.63. The van der Waals surface area contributed by atoms with Gasteiger partial charge in [-0.25, -0.2) is 13.6 Å². The molecule has 0 spiro atoms. The van der Waals surface area contributed by atoms with Gasteiger partial charge >= 0.3 is 6.03 Å². The number of carbonyl (C=O) groups is 1. The Kier molecular flexibility index (Phi) is 4.65. The SMILES string of the molecule is O=C(NCCCn1cccn1)Nc1ccc(F)cc1F. The number of amides is 2. The summed E-state index contributed by atoms with van der Waals surface area (Å²) in [6, 6.07) is 4.26. The van der Waals surface area contributed by atoms with Crippen molar-refractivity contribution in [3.05, 3.63) is 48.3 Å². The molecular weight excluding hydrogens is 266 g/mol. The van der Waals surface area contributed by atoms with Crippen molar-refractivity contribution in [1.82, 2.24) is 15.1 Å². The quantitative estimate of drug-likeness (QED) is 0.826. The molecule has 0 saturated carbocycles. The summed E-state index contributed by atoms with van der Waals surface area (Å²) in [6.45, 7) is 1.10. The molecule has 0 aliphatic heterocycles. The summed E-state index contributed by atoms with van der Waals surface area (Å²) in [6.07, 6.45) is 4.20. The second kappa shape index (κ2) is 6.65. The van der Waals surface area contributed by atoms with Gasteiger partial charge in [-0.3, -0.25) is 4.68 Å². The number of nitrogens with zero attached hydrogens (tertiary/aromatic N) is 2. The Morgan fingerprint density at radius 3 is 2.90 bits per heavy atom. The Balaban J connectivity index is 1.72. The van der Waals surface area contributed by atoms with Gasteiger partial charge in [0, 0.05) is 31.5 Å². The van der Waals surface area contributed by atoms with Gasteiger partial charge in [0.1, 0.15) is 11.6 Å². The largest absolute Gasteiger partial charge is 0.338 e. The number of urea groups is 1. The van der Waals surface area contributed by atoms with Crippen molar-refractivity contribution in [3.63, 3.8) is 0 Å². The van der Waals surface area contributed by atoms with E-state index in [0.717, 1.165) is 6.07 Å². The Hall–Kier alpha value is -2.44. The predicted octanol–water partition coefficient (Wildman–Crippen LogP) is 2.37. The first kappa shape index (κ1) is 14.0. The first-order valence-corrected chi connectivity index (χ1v) is 6.12. The molecule has 5 nitrogen and oxygen atoms in total. The standard InChI is InChI=1S/C13H14F2N4O/c14-10-3-4-12(11(15)9-10)18-13(20)16-5-1-7-19-8-2-6-17-19/h2-4,6,8-9H,1,5,7H2,(H2,16,18,20). The van der Waals surface area contributed by atoms with Gasteiger partial charge in [-0.15, -0.1) is 0 Å². The maximum atomic E-state index is 13.3. The monoisotopic (exact) mass is 280 g/mol. The van der Waals surface area contributed by atoms with Crippen LogP contribution in [0.3, 0.4) is 0 Å². The first-order valence-electron chi connectivity index (χ1n) is 6.12. The van der Waals surface area contributed by atoms with Crippen molar-refractivity contribution in [2.24, 2.45) is 0 Å². The number of hydrogen-bond donors (Lipinski definition) is 2. The summed E-state index contributed by atoms with van der Waals surface area (Å²) in [5.41, 5.74) is -0.0593. The molecule has 0 radical (unpaired) electrons. The van der Waals surface area contributed by atoms with E-state index in [2.05, 4.69) is 15.7 Å². The van der Waals surface area contributed by atoms with E-state index in [0.29, 0.717) is 25.6 Å². The smallest absolute Gasteiger partial charge is 0.319 e. The highest BCUT2D eigenvalue weighted by atomic mass is 19.1. The number of aryl methyl sites for hydroxylation is 1. The zero-order valence-corrected chi connectivity index (χ0v) is 10.6. The number of aromatic nitrogens is 2. The number of anilines is 1. The minimum absolute atomic E-state index is 0.0593. The molecule has 7 heteroatoms. The van der Waals surface area contributed by atoms with Gasteiger partial charge in [-0.2, -0.15) is 5.10 Å². The van der Waals surface area contributed by atoms with Gasteiger partial charge in [0.25, 0.3) is 0 Å². The van der Waals surface area contributed by atoms with E-state index in [9.17, 15) is 13.6 Å². The molecule has 0 saturated heterocycles. The zero-order chi connectivity index (χ0) is 14.4. The van der Waals surface area contributed by atoms with Crippen LogP contribution in [0.25, 0.3) is 0 Å². The van der Waals surface area contributed by atoms with Crippen LogP contribution in [0.5, 0.6) is 0 Å². The summed E-state index contributed by atoms with van der Waals surface area (Å²) in [5, 5.41) is 8.92. The Morgan fingerprint density at radius 2 is 2.20 bits per heavy atom. The maximum absolute atomic E-state index is 13.3. The number of rotatable bonds is 5. The van der Waals surface area contributed by atoms with Crippen LogP contribution in [0.1, 0.15) is 6.42 Å². The first-order chi connectivity index (χ1) is 9.65. The fourth-order valence-electron chi connectivity index (χ4n) is 1.63. The van der Waals surface area contributed by atoms with Crippen LogP contribution in [-0.4, -0.2) is 22.4 Å². The topological polar surface area (TPSA) is 59.0 Å². The van der Waals surface area contributed by atoms with E-state index in [-0.39, 0.29) is 5.69 Å². The number of carbonyl (C=O) groups excluding carboxylic acids is 1. The normalized spacial score (nSPS) is 10.3. The number of benzene rings is 1. The highest BCUT2D eigenvalue weighted by Crippen LogP contribution is 2.14. The van der Waals surface area contributed by atoms with Crippen molar-refractivity contribution < 1.29 is 13.6 Å². The second-order valence-corrected chi connectivity index (χ2v) is 4.13. The lowest BCUT2D eigenvalue weighted by Gasteiger charge is -2.08. The molecule has 1 aromatic heterocycles. The van der Waals surface area contributed by atoms with Gasteiger partial charge in [0.15, 0.2) is 0 Å². The van der Waals surface area contributed by atoms with Gasteiger partial charge < -0.3 is 10.6 Å². The van der Waals surface area contributed by atoms with Crippen molar-refractivity contribution in [2.45, 2.75) is 13.0 Å². The van der Waals surface area contributed by atoms with Gasteiger partial charge in [-0.1, -0.05) is 0 Å². The molecule has 20 heavy (non-hydrogen) atoms. The van der Waals surface area contributed by atoms with Crippen molar-refractivity contribution in [3.8, 4) is 0 Å². The molecule has 0 aliphatic rings. The lowest BCUT2D eigenvalue weighted by atomic mass is 10.3. The van der Waals surface area contributed by atoms with Crippen LogP contribution in [0.15, 0.2) is 36.7 Å². The minimum atomic E-state index is -0.809. The number of halogens is 2. The zero-order valence-electron chi connectivity index (χ0n) is 10.6. The molecule has 1 aromatic carbocycles. The summed E-state index contributed by atoms with van der Waals surface area (Å²) in [4.78, 5) is 11.5. The lowest BCUT2D eigenvalue weighted by molar-refractivity contribution is 0.251. The highest BCUT2D eigenvalue weighted by molar-refractivity contribution is 5.89. The summed E-state index contributed by atoms with van der Waals surface area (Å²) < 4.78 is 27.7. The van der Waals surface area contributed by atoms with E-state index in [4.69, 9.17) is 0 Å². The van der Waals surface area contributed by atoms with E-state index in [1.54, 1.807) is 10.9 Å². The molecule has 0 aliphatic carbocycles. The molecule has 2 aromatic rings. The van der Waals surface area contributed by atoms with Crippen LogP contribution in [0.4, 0.5) is 19.3 Å². The molecule has 0 unspecified atom stereocenters. The summed E-state index contributed by atoms with van der Waals surface area (Å²) >= 11 is 0. The fraction of sp³-hybridized carbons (Fsp3) is 0.231. The third-order valence-electron chi connectivity index (χ3n) is 2.59. The molecule has 2 rings (SSSR count). The van der Waals surface area contributed by atoms with E-state index >= 15 is 0 Å². The second-order valence-electron chi connectivity index (χ2n) is 4.13. The molecule has 1 heterocycles. The van der Waals surface area contributed by atoms with Crippen molar-refractivity contribution >= 4 is 11.7 Å². The van der Waals surface area contributed by atoms with Crippen LogP contribution in [-0.2, 0) is 6.54 Å². The Bertz CT molecular complexity index is 572. The average Bonchev–Trinajstić information content (AvgIpc) is 2.91. The third-order valence-corrected chi connectivity index (χ3v) is 2.59. The number of hydrogen-bond acceptors (Lipinski definition) is 2. The van der Waals surface area contributed by atoms with Crippen LogP contribution >= 0.6 is 0 Å². The molecule has 0 atom stereocenters. The van der Waals surface area contributed by atoms with Crippen molar-refractivity contribution in [2.75, 3.05) is 11.9 Å². The maximum Gasteiger partial charge on any atom is 0.319 e. The van der Waals surface area contributed by atoms with E-state index < -0.39 is 17.7 Å². The van der Waals surface area contributed by atoms with Gasteiger partial charge in [0.05, 0.1) is 5.69 Å². The average molecular weight is 280 g/mol. The molecule has 2 amide bonds. The Labute approximate surface area is 114 Å². The molecule has 0 fully saturated rings. The Morgan fingerprint density at radius 1 is 1.35 bits per heavy atom. The van der Waals surface area contributed by atoms with E-state index in [1.807, 2.05) is 12.3 Å². The van der Waals surface area contributed by atoms with Crippen LogP contribution in [0, 0.1) is 11.6 Å². The van der Waals surface area contributed by atoms with Gasteiger partial charge in [-0.05, 0) is 24.6 Å². The summed E-state index contributed by atoms with van der Waals surface area (Å²) in [7, 11) is 0. The highest BCUT2D eigenvalue weighted by Gasteiger charge is 2.07. The number of nitrogens with one attached hydrogen (secondary N) is 2. The predicted molar refractivity (Wildman–Crippen MR) is 70.2 cm³/mol. The molecule has 0 bridgehead atoms. The lowest BCUT2D eigenvalue weighted by Crippen LogP contribution is -2.30. The van der Waals surface area contributed by atoms with Crippen LogP contribution in [0.2, 0.25) is 0 Å². The minimum Gasteiger partial charge on any atom is -0.338 e. The summed E-state index contributed by atoms with van der Waals surface area (Å²) in [5.74, 6) is -1.50. The molecule has 2 N–H and O–H groups in total.